The summed E-state index contributed by atoms with van der Waals surface area (Å²) in [5.41, 5.74) is 5.28. The third-order valence-corrected chi connectivity index (χ3v) is 2.75. The third kappa shape index (κ3) is 1.85. The Balaban J connectivity index is 2.42. The lowest BCUT2D eigenvalue weighted by Crippen LogP contribution is -2.21. The van der Waals surface area contributed by atoms with Crippen molar-refractivity contribution in [3.63, 3.8) is 0 Å². The van der Waals surface area contributed by atoms with Gasteiger partial charge in [0.15, 0.2) is 0 Å². The second kappa shape index (κ2) is 4.08. The standard InChI is InChI=1S/C11H13F2N3/c12-8-5-7(11(14)15)6-9(13)10(8)16-3-1-2-4-16/h5-6H,1-4H2,(H3,14,15). The van der Waals surface area contributed by atoms with E-state index in [-0.39, 0.29) is 17.1 Å². The molecule has 0 amide bonds. The van der Waals surface area contributed by atoms with Gasteiger partial charge in [-0.3, -0.25) is 5.41 Å². The fraction of sp³-hybridized carbons (Fsp3) is 0.364. The van der Waals surface area contributed by atoms with Crippen molar-refractivity contribution >= 4 is 11.5 Å². The van der Waals surface area contributed by atoms with Crippen LogP contribution in [-0.4, -0.2) is 18.9 Å². The maximum atomic E-state index is 13.7. The molecule has 16 heavy (non-hydrogen) atoms. The average Bonchev–Trinajstić information content (AvgIpc) is 2.69. The SMILES string of the molecule is N=C(N)c1cc(F)c(N2CCCC2)c(F)c1. The fourth-order valence-electron chi connectivity index (χ4n) is 1.96. The topological polar surface area (TPSA) is 53.1 Å². The lowest BCUT2D eigenvalue weighted by atomic mass is 10.1. The van der Waals surface area contributed by atoms with E-state index in [0.717, 1.165) is 25.0 Å². The zero-order valence-corrected chi connectivity index (χ0v) is 8.76. The minimum absolute atomic E-state index is 0.00231. The summed E-state index contributed by atoms with van der Waals surface area (Å²) in [7, 11) is 0. The van der Waals surface area contributed by atoms with Gasteiger partial charge in [0, 0.05) is 18.7 Å². The molecule has 1 aromatic carbocycles. The van der Waals surface area contributed by atoms with Gasteiger partial charge in [-0.15, -0.1) is 0 Å². The Kier molecular flexibility index (Phi) is 2.77. The first-order valence-corrected chi connectivity index (χ1v) is 5.18. The first-order chi connectivity index (χ1) is 7.59. The Morgan fingerprint density at radius 2 is 1.69 bits per heavy atom. The molecule has 86 valence electrons. The molecule has 3 nitrogen and oxygen atoms in total. The predicted octanol–water partition coefficient (Wildman–Crippen LogP) is 1.85. The molecule has 0 spiro atoms. The highest BCUT2D eigenvalue weighted by Gasteiger charge is 2.21. The summed E-state index contributed by atoms with van der Waals surface area (Å²) in [6.45, 7) is 1.35. The van der Waals surface area contributed by atoms with Gasteiger partial charge in [-0.1, -0.05) is 0 Å². The van der Waals surface area contributed by atoms with E-state index in [9.17, 15) is 8.78 Å². The van der Waals surface area contributed by atoms with Crippen LogP contribution in [0.2, 0.25) is 0 Å². The lowest BCUT2D eigenvalue weighted by Gasteiger charge is -2.19. The highest BCUT2D eigenvalue weighted by molar-refractivity contribution is 5.95. The number of hydrogen-bond donors (Lipinski definition) is 2. The quantitative estimate of drug-likeness (QED) is 0.596. The summed E-state index contributed by atoms with van der Waals surface area (Å²) in [6, 6.07) is 2.22. The van der Waals surface area contributed by atoms with E-state index in [2.05, 4.69) is 0 Å². The van der Waals surface area contributed by atoms with Crippen LogP contribution in [0.15, 0.2) is 12.1 Å². The fourth-order valence-corrected chi connectivity index (χ4v) is 1.96. The summed E-state index contributed by atoms with van der Waals surface area (Å²) in [5, 5.41) is 7.14. The molecular weight excluding hydrogens is 212 g/mol. The molecule has 1 fully saturated rings. The molecule has 0 unspecified atom stereocenters. The molecule has 1 saturated heterocycles. The van der Waals surface area contributed by atoms with Crippen molar-refractivity contribution in [2.45, 2.75) is 12.8 Å². The van der Waals surface area contributed by atoms with Gasteiger partial charge in [0.25, 0.3) is 0 Å². The van der Waals surface area contributed by atoms with Gasteiger partial charge in [-0.05, 0) is 25.0 Å². The molecule has 5 heteroatoms. The third-order valence-electron chi connectivity index (χ3n) is 2.75. The van der Waals surface area contributed by atoms with E-state index in [1.54, 1.807) is 4.90 Å². The van der Waals surface area contributed by atoms with Gasteiger partial charge < -0.3 is 10.6 Å². The number of anilines is 1. The Morgan fingerprint density at radius 3 is 2.12 bits per heavy atom. The van der Waals surface area contributed by atoms with Crippen LogP contribution in [0, 0.1) is 17.0 Å². The highest BCUT2D eigenvalue weighted by Crippen LogP contribution is 2.27. The van der Waals surface area contributed by atoms with Crippen LogP contribution in [0.4, 0.5) is 14.5 Å². The van der Waals surface area contributed by atoms with E-state index in [4.69, 9.17) is 11.1 Å². The summed E-state index contributed by atoms with van der Waals surface area (Å²) < 4.78 is 27.4. The van der Waals surface area contributed by atoms with Crippen LogP contribution in [0.25, 0.3) is 0 Å². The molecule has 0 radical (unpaired) electrons. The second-order valence-corrected chi connectivity index (χ2v) is 3.90. The van der Waals surface area contributed by atoms with Crippen molar-refractivity contribution in [2.24, 2.45) is 5.73 Å². The molecule has 3 N–H and O–H groups in total. The van der Waals surface area contributed by atoms with Crippen molar-refractivity contribution in [3.8, 4) is 0 Å². The maximum Gasteiger partial charge on any atom is 0.150 e. The molecule has 0 saturated carbocycles. The summed E-state index contributed by atoms with van der Waals surface area (Å²) in [5.74, 6) is -1.62. The van der Waals surface area contributed by atoms with Gasteiger partial charge in [0.1, 0.15) is 23.2 Å². The lowest BCUT2D eigenvalue weighted by molar-refractivity contribution is 0.577. The van der Waals surface area contributed by atoms with E-state index in [0.29, 0.717) is 13.1 Å². The average molecular weight is 225 g/mol. The number of benzene rings is 1. The number of nitrogen functional groups attached to an aromatic ring is 1. The number of rotatable bonds is 2. The van der Waals surface area contributed by atoms with Crippen molar-refractivity contribution in [3.05, 3.63) is 29.3 Å². The van der Waals surface area contributed by atoms with Gasteiger partial charge in [0.2, 0.25) is 0 Å². The van der Waals surface area contributed by atoms with Gasteiger partial charge >= 0.3 is 0 Å². The summed E-state index contributed by atoms with van der Waals surface area (Å²) in [4.78, 5) is 1.69. The van der Waals surface area contributed by atoms with Crippen molar-refractivity contribution < 1.29 is 8.78 Å². The number of nitrogens with one attached hydrogen (secondary N) is 1. The molecule has 0 bridgehead atoms. The number of hydrogen-bond acceptors (Lipinski definition) is 2. The van der Waals surface area contributed by atoms with Crippen LogP contribution >= 0.6 is 0 Å². The largest absolute Gasteiger partial charge is 0.384 e. The second-order valence-electron chi connectivity index (χ2n) is 3.90. The Labute approximate surface area is 92.4 Å². The zero-order chi connectivity index (χ0) is 11.7. The van der Waals surface area contributed by atoms with E-state index < -0.39 is 11.6 Å². The number of amidine groups is 1. The van der Waals surface area contributed by atoms with Gasteiger partial charge in [-0.2, -0.15) is 0 Å². The molecule has 0 aliphatic carbocycles. The minimum Gasteiger partial charge on any atom is -0.384 e. The first-order valence-electron chi connectivity index (χ1n) is 5.18. The monoisotopic (exact) mass is 225 g/mol. The molecule has 1 heterocycles. The Morgan fingerprint density at radius 1 is 1.19 bits per heavy atom. The van der Waals surface area contributed by atoms with Crippen molar-refractivity contribution in [2.75, 3.05) is 18.0 Å². The van der Waals surface area contributed by atoms with Crippen LogP contribution in [0.5, 0.6) is 0 Å². The van der Waals surface area contributed by atoms with Crippen LogP contribution in [0.1, 0.15) is 18.4 Å². The van der Waals surface area contributed by atoms with Crippen molar-refractivity contribution in [1.29, 1.82) is 5.41 Å². The van der Waals surface area contributed by atoms with Crippen LogP contribution in [0.3, 0.4) is 0 Å². The Hall–Kier alpha value is -1.65. The number of halogens is 2. The molecular formula is C11H13F2N3. The highest BCUT2D eigenvalue weighted by atomic mass is 19.1. The maximum absolute atomic E-state index is 13.7. The molecule has 0 aromatic heterocycles. The van der Waals surface area contributed by atoms with Gasteiger partial charge in [0.05, 0.1) is 0 Å². The molecule has 2 rings (SSSR count). The summed E-state index contributed by atoms with van der Waals surface area (Å²) >= 11 is 0. The van der Waals surface area contributed by atoms with Crippen LogP contribution < -0.4 is 10.6 Å². The predicted molar refractivity (Wildman–Crippen MR) is 58.8 cm³/mol. The minimum atomic E-state index is -0.646. The number of nitrogens with zero attached hydrogens (tertiary/aromatic N) is 1. The van der Waals surface area contributed by atoms with Gasteiger partial charge in [-0.25, -0.2) is 8.78 Å². The molecule has 1 aliphatic heterocycles. The number of nitrogens with two attached hydrogens (primary N) is 1. The Bertz CT molecular complexity index is 402. The van der Waals surface area contributed by atoms with Crippen LogP contribution in [-0.2, 0) is 0 Å². The summed E-state index contributed by atoms with van der Waals surface area (Å²) in [6.07, 6.45) is 1.90. The van der Waals surface area contributed by atoms with E-state index in [1.807, 2.05) is 0 Å². The molecule has 1 aliphatic rings. The van der Waals surface area contributed by atoms with E-state index in [1.165, 1.54) is 0 Å². The first kappa shape index (κ1) is 10.9. The molecule has 0 atom stereocenters. The van der Waals surface area contributed by atoms with Crippen molar-refractivity contribution in [1.82, 2.24) is 0 Å². The smallest absolute Gasteiger partial charge is 0.150 e. The van der Waals surface area contributed by atoms with E-state index >= 15 is 0 Å². The normalized spacial score (nSPS) is 15.5. The zero-order valence-electron chi connectivity index (χ0n) is 8.76. The molecule has 1 aromatic rings.